The second-order valence-electron chi connectivity index (χ2n) is 7.60. The van der Waals surface area contributed by atoms with Gasteiger partial charge in [-0.2, -0.15) is 0 Å². The highest BCUT2D eigenvalue weighted by molar-refractivity contribution is 7.80. The van der Waals surface area contributed by atoms with Gasteiger partial charge in [0.05, 0.1) is 12.6 Å². The summed E-state index contributed by atoms with van der Waals surface area (Å²) in [5.41, 5.74) is 3.24. The lowest BCUT2D eigenvalue weighted by Gasteiger charge is -2.37. The number of nitrogens with one attached hydrogen (secondary N) is 1. The van der Waals surface area contributed by atoms with Crippen LogP contribution in [0.15, 0.2) is 65.9 Å². The molecule has 1 aliphatic rings. The monoisotopic (exact) mass is 408 g/mol. The van der Waals surface area contributed by atoms with Crippen molar-refractivity contribution in [1.29, 1.82) is 0 Å². The fraction of sp³-hybridized carbons (Fsp3) is 0.333. The molecule has 0 spiro atoms. The fourth-order valence-corrected chi connectivity index (χ4v) is 3.88. The van der Waals surface area contributed by atoms with Gasteiger partial charge in [-0.25, -0.2) is 0 Å². The third-order valence-corrected chi connectivity index (χ3v) is 5.31. The Balaban J connectivity index is 2.04. The highest BCUT2D eigenvalue weighted by atomic mass is 32.1. The quantitative estimate of drug-likeness (QED) is 0.508. The molecule has 1 N–H and O–H groups in total. The first kappa shape index (κ1) is 21.1. The standard InChI is InChI=1S/C24H28N2O2S/c1-5-26-17(4)21(23(27)18-10-7-6-8-11-18)22(25-24(26)29)19-12-9-13-20(14-19)28-15-16(2)3/h6-14,16,22H,5,15H2,1-4H3,(H,25,29). The van der Waals surface area contributed by atoms with Gasteiger partial charge >= 0.3 is 0 Å². The Kier molecular flexibility index (Phi) is 6.70. The minimum absolute atomic E-state index is 0.00931. The number of nitrogens with zero attached hydrogens (tertiary/aromatic N) is 1. The number of allylic oxidation sites excluding steroid dienone is 1. The lowest BCUT2D eigenvalue weighted by atomic mass is 9.89. The van der Waals surface area contributed by atoms with E-state index >= 15 is 0 Å². The molecule has 0 amide bonds. The molecule has 0 radical (unpaired) electrons. The summed E-state index contributed by atoms with van der Waals surface area (Å²) in [6, 6.07) is 17.0. The molecule has 2 aromatic rings. The average molecular weight is 409 g/mol. The van der Waals surface area contributed by atoms with Crippen LogP contribution in [0.3, 0.4) is 0 Å². The molecule has 1 atom stereocenters. The van der Waals surface area contributed by atoms with Gasteiger partial charge in [-0.3, -0.25) is 4.79 Å². The van der Waals surface area contributed by atoms with E-state index in [0.29, 0.717) is 35.3 Å². The van der Waals surface area contributed by atoms with Crippen LogP contribution in [0, 0.1) is 5.92 Å². The van der Waals surface area contributed by atoms with E-state index in [-0.39, 0.29) is 11.8 Å². The van der Waals surface area contributed by atoms with E-state index in [4.69, 9.17) is 17.0 Å². The van der Waals surface area contributed by atoms with Crippen molar-refractivity contribution < 1.29 is 9.53 Å². The van der Waals surface area contributed by atoms with Gasteiger partial charge in [0.2, 0.25) is 0 Å². The first-order chi connectivity index (χ1) is 13.9. The van der Waals surface area contributed by atoms with Crippen molar-refractivity contribution in [3.8, 4) is 5.75 Å². The van der Waals surface area contributed by atoms with Crippen molar-refractivity contribution >= 4 is 23.1 Å². The third-order valence-electron chi connectivity index (χ3n) is 4.97. The van der Waals surface area contributed by atoms with E-state index in [2.05, 4.69) is 19.2 Å². The van der Waals surface area contributed by atoms with Crippen molar-refractivity contribution in [3.05, 3.63) is 77.0 Å². The Hall–Kier alpha value is -2.66. The molecule has 5 heteroatoms. The van der Waals surface area contributed by atoms with E-state index in [9.17, 15) is 4.79 Å². The number of ketones is 1. The molecular formula is C24H28N2O2S. The first-order valence-electron chi connectivity index (χ1n) is 10.0. The van der Waals surface area contributed by atoms with Gasteiger partial charge in [-0.1, -0.05) is 56.3 Å². The minimum Gasteiger partial charge on any atom is -0.493 e. The Morgan fingerprint density at radius 2 is 1.90 bits per heavy atom. The van der Waals surface area contributed by atoms with E-state index in [1.165, 1.54) is 0 Å². The second kappa shape index (κ2) is 9.23. The maximum atomic E-state index is 13.5. The Bertz CT molecular complexity index is 921. The van der Waals surface area contributed by atoms with Gasteiger partial charge in [0.1, 0.15) is 5.75 Å². The van der Waals surface area contributed by atoms with Crippen molar-refractivity contribution in [1.82, 2.24) is 10.2 Å². The van der Waals surface area contributed by atoms with Crippen LogP contribution in [0.2, 0.25) is 0 Å². The summed E-state index contributed by atoms with van der Waals surface area (Å²) in [7, 11) is 0. The smallest absolute Gasteiger partial charge is 0.193 e. The summed E-state index contributed by atoms with van der Waals surface area (Å²) in [5.74, 6) is 1.25. The van der Waals surface area contributed by atoms with E-state index in [1.807, 2.05) is 73.3 Å². The largest absolute Gasteiger partial charge is 0.493 e. The van der Waals surface area contributed by atoms with Crippen molar-refractivity contribution in [2.45, 2.75) is 33.7 Å². The summed E-state index contributed by atoms with van der Waals surface area (Å²) in [6.45, 7) is 9.59. The van der Waals surface area contributed by atoms with Crippen LogP contribution in [0.1, 0.15) is 49.7 Å². The molecular weight excluding hydrogens is 380 g/mol. The van der Waals surface area contributed by atoms with E-state index in [1.54, 1.807) is 0 Å². The van der Waals surface area contributed by atoms with Crippen molar-refractivity contribution in [2.24, 2.45) is 5.92 Å². The zero-order chi connectivity index (χ0) is 21.0. The zero-order valence-corrected chi connectivity index (χ0v) is 18.3. The van der Waals surface area contributed by atoms with Crippen LogP contribution in [-0.2, 0) is 0 Å². The van der Waals surface area contributed by atoms with Crippen molar-refractivity contribution in [3.63, 3.8) is 0 Å². The highest BCUT2D eigenvalue weighted by Crippen LogP contribution is 2.34. The molecule has 0 saturated heterocycles. The Labute approximate surface area is 178 Å². The maximum Gasteiger partial charge on any atom is 0.193 e. The number of carbonyl (C=O) groups is 1. The summed E-state index contributed by atoms with van der Waals surface area (Å²) in [6.07, 6.45) is 0. The second-order valence-corrected chi connectivity index (χ2v) is 7.99. The van der Waals surface area contributed by atoms with Crippen LogP contribution >= 0.6 is 12.2 Å². The lowest BCUT2D eigenvalue weighted by molar-refractivity contribution is 0.102. The van der Waals surface area contributed by atoms with Gasteiger partial charge in [0, 0.05) is 23.4 Å². The molecule has 0 aliphatic carbocycles. The van der Waals surface area contributed by atoms with Gasteiger partial charge in [-0.15, -0.1) is 0 Å². The van der Waals surface area contributed by atoms with Crippen LogP contribution in [0.25, 0.3) is 0 Å². The molecule has 1 heterocycles. The average Bonchev–Trinajstić information content (AvgIpc) is 2.72. The Morgan fingerprint density at radius 1 is 1.17 bits per heavy atom. The number of thiocarbonyl (C=S) groups is 1. The predicted octanol–water partition coefficient (Wildman–Crippen LogP) is 5.13. The molecule has 152 valence electrons. The van der Waals surface area contributed by atoms with Crippen LogP contribution in [0.4, 0.5) is 0 Å². The maximum absolute atomic E-state index is 13.5. The molecule has 4 nitrogen and oxygen atoms in total. The fourth-order valence-electron chi connectivity index (χ4n) is 3.50. The number of carbonyl (C=O) groups excluding carboxylic acids is 1. The summed E-state index contributed by atoms with van der Waals surface area (Å²) < 4.78 is 5.90. The molecule has 2 aromatic carbocycles. The molecule has 1 unspecified atom stereocenters. The molecule has 0 aromatic heterocycles. The topological polar surface area (TPSA) is 41.6 Å². The molecule has 3 rings (SSSR count). The molecule has 0 saturated carbocycles. The molecule has 29 heavy (non-hydrogen) atoms. The van der Waals surface area contributed by atoms with Gasteiger partial charge in [0.15, 0.2) is 10.9 Å². The van der Waals surface area contributed by atoms with Crippen LogP contribution < -0.4 is 10.1 Å². The first-order valence-corrected chi connectivity index (χ1v) is 10.4. The van der Waals surface area contributed by atoms with E-state index in [0.717, 1.165) is 17.0 Å². The van der Waals surface area contributed by atoms with Gasteiger partial charge < -0.3 is 15.0 Å². The van der Waals surface area contributed by atoms with Gasteiger partial charge in [0.25, 0.3) is 0 Å². The number of benzene rings is 2. The summed E-state index contributed by atoms with van der Waals surface area (Å²) >= 11 is 5.59. The summed E-state index contributed by atoms with van der Waals surface area (Å²) in [4.78, 5) is 15.4. The summed E-state index contributed by atoms with van der Waals surface area (Å²) in [5, 5.41) is 4.01. The molecule has 1 aliphatic heterocycles. The van der Waals surface area contributed by atoms with E-state index < -0.39 is 0 Å². The number of Topliss-reactive ketones (excluding diaryl/α,β-unsaturated/α-hetero) is 1. The molecule has 0 fully saturated rings. The third kappa shape index (κ3) is 4.67. The number of hydrogen-bond donors (Lipinski definition) is 1. The number of rotatable bonds is 7. The zero-order valence-electron chi connectivity index (χ0n) is 17.4. The van der Waals surface area contributed by atoms with Crippen LogP contribution in [0.5, 0.6) is 5.75 Å². The Morgan fingerprint density at radius 3 is 2.55 bits per heavy atom. The van der Waals surface area contributed by atoms with Crippen LogP contribution in [-0.4, -0.2) is 28.9 Å². The number of ether oxygens (including phenoxy) is 1. The SMILES string of the molecule is CCN1C(=S)NC(c2cccc(OCC(C)C)c2)C(C(=O)c2ccccc2)=C1C. The van der Waals surface area contributed by atoms with Crippen molar-refractivity contribution in [2.75, 3.05) is 13.2 Å². The predicted molar refractivity (Wildman–Crippen MR) is 121 cm³/mol. The highest BCUT2D eigenvalue weighted by Gasteiger charge is 2.33. The van der Waals surface area contributed by atoms with Gasteiger partial charge in [-0.05, 0) is 49.7 Å². The number of hydrogen-bond acceptors (Lipinski definition) is 3. The molecule has 0 bridgehead atoms. The normalized spacial score (nSPS) is 16.8. The minimum atomic E-state index is -0.319. The lowest BCUT2D eigenvalue weighted by Crippen LogP contribution is -2.47.